The molecule has 116 valence electrons. The molecule has 0 spiro atoms. The fourth-order valence-electron chi connectivity index (χ4n) is 3.17. The Bertz CT molecular complexity index is 826. The number of rotatable bonds is 3. The molecule has 0 radical (unpaired) electrons. The number of aromatic nitrogens is 5. The van der Waals surface area contributed by atoms with E-state index >= 15 is 0 Å². The highest BCUT2D eigenvalue weighted by Crippen LogP contribution is 2.24. The minimum atomic E-state index is 0.0352. The Morgan fingerprint density at radius 3 is 3.09 bits per heavy atom. The van der Waals surface area contributed by atoms with Crippen molar-refractivity contribution < 1.29 is 4.79 Å². The molecule has 4 rings (SSSR count). The molecule has 1 fully saturated rings. The lowest BCUT2D eigenvalue weighted by atomic mass is 10.1. The molecule has 0 aliphatic carbocycles. The summed E-state index contributed by atoms with van der Waals surface area (Å²) in [6.45, 7) is 1.44. The Balaban J connectivity index is 1.64. The van der Waals surface area contributed by atoms with Crippen molar-refractivity contribution in [2.45, 2.75) is 25.4 Å². The maximum atomic E-state index is 13.0. The van der Waals surface area contributed by atoms with Crippen molar-refractivity contribution in [3.63, 3.8) is 0 Å². The lowest BCUT2D eigenvalue weighted by Crippen LogP contribution is -2.38. The molecule has 0 saturated carbocycles. The van der Waals surface area contributed by atoms with Crippen molar-refractivity contribution in [1.29, 1.82) is 0 Å². The molecule has 1 atom stereocenters. The molecule has 1 aliphatic rings. The molecule has 1 amide bonds. The standard InChI is InChI=1S/C16H16N6O/c23-16(13-3-6-18-15-4-5-17-10-14(13)15)22-8-1-2-12(22)11-21-9-7-19-20-21/h3-7,9-10,12H,1-2,8,11H2/t12-/m0/s1. The van der Waals surface area contributed by atoms with Crippen LogP contribution in [-0.2, 0) is 6.54 Å². The number of hydrogen-bond donors (Lipinski definition) is 0. The SMILES string of the molecule is O=C(c1ccnc2ccncc12)N1CCC[C@H]1Cn1ccnn1. The van der Waals surface area contributed by atoms with Crippen LogP contribution in [0.4, 0.5) is 0 Å². The highest BCUT2D eigenvalue weighted by atomic mass is 16.2. The number of carbonyl (C=O) groups excluding carboxylic acids is 1. The van der Waals surface area contributed by atoms with Crippen LogP contribution in [0.15, 0.2) is 43.1 Å². The monoisotopic (exact) mass is 308 g/mol. The van der Waals surface area contributed by atoms with E-state index in [9.17, 15) is 4.79 Å². The molecule has 3 aromatic heterocycles. The van der Waals surface area contributed by atoms with Crippen LogP contribution in [0.25, 0.3) is 10.9 Å². The third-order valence-electron chi connectivity index (χ3n) is 4.28. The first-order chi connectivity index (χ1) is 11.3. The number of carbonyl (C=O) groups is 1. The van der Waals surface area contributed by atoms with Crippen LogP contribution in [0.1, 0.15) is 23.2 Å². The first kappa shape index (κ1) is 13.8. The molecule has 0 unspecified atom stereocenters. The lowest BCUT2D eigenvalue weighted by molar-refractivity contribution is 0.0723. The van der Waals surface area contributed by atoms with Gasteiger partial charge in [0, 0.05) is 36.7 Å². The highest BCUT2D eigenvalue weighted by molar-refractivity contribution is 6.05. The first-order valence-corrected chi connectivity index (χ1v) is 7.67. The van der Waals surface area contributed by atoms with Crippen molar-refractivity contribution in [2.75, 3.05) is 6.54 Å². The van der Waals surface area contributed by atoms with Crippen molar-refractivity contribution in [1.82, 2.24) is 29.9 Å². The average Bonchev–Trinajstić information content (AvgIpc) is 3.26. The summed E-state index contributed by atoms with van der Waals surface area (Å²) >= 11 is 0. The minimum absolute atomic E-state index is 0.0352. The number of pyridine rings is 2. The maximum Gasteiger partial charge on any atom is 0.254 e. The number of amides is 1. The van der Waals surface area contributed by atoms with Gasteiger partial charge in [-0.05, 0) is 25.0 Å². The molecule has 4 heterocycles. The summed E-state index contributed by atoms with van der Waals surface area (Å²) in [7, 11) is 0. The molecule has 0 bridgehead atoms. The van der Waals surface area contributed by atoms with Gasteiger partial charge >= 0.3 is 0 Å². The minimum Gasteiger partial charge on any atom is -0.334 e. The van der Waals surface area contributed by atoms with Crippen LogP contribution in [0.2, 0.25) is 0 Å². The van der Waals surface area contributed by atoms with Crippen molar-refractivity contribution in [3.8, 4) is 0 Å². The third-order valence-corrected chi connectivity index (χ3v) is 4.28. The van der Waals surface area contributed by atoms with Crippen LogP contribution in [0.3, 0.4) is 0 Å². The fourth-order valence-corrected chi connectivity index (χ4v) is 3.17. The summed E-state index contributed by atoms with van der Waals surface area (Å²) in [6, 6.07) is 3.74. The van der Waals surface area contributed by atoms with Gasteiger partial charge in [0.1, 0.15) is 0 Å². The average molecular weight is 308 g/mol. The van der Waals surface area contributed by atoms with Gasteiger partial charge in [0.2, 0.25) is 0 Å². The van der Waals surface area contributed by atoms with Gasteiger partial charge in [0.25, 0.3) is 5.91 Å². The Hall–Kier alpha value is -2.83. The summed E-state index contributed by atoms with van der Waals surface area (Å²) in [5.74, 6) is 0.0352. The molecule has 23 heavy (non-hydrogen) atoms. The summed E-state index contributed by atoms with van der Waals surface area (Å²) in [4.78, 5) is 23.4. The number of nitrogens with zero attached hydrogens (tertiary/aromatic N) is 6. The molecular formula is C16H16N6O. The maximum absolute atomic E-state index is 13.0. The van der Waals surface area contributed by atoms with E-state index in [1.807, 2.05) is 17.2 Å². The fraction of sp³-hybridized carbons (Fsp3) is 0.312. The van der Waals surface area contributed by atoms with E-state index in [4.69, 9.17) is 0 Å². The van der Waals surface area contributed by atoms with Gasteiger partial charge in [-0.25, -0.2) is 0 Å². The summed E-state index contributed by atoms with van der Waals surface area (Å²) < 4.78 is 1.78. The normalized spacial score (nSPS) is 17.7. The van der Waals surface area contributed by atoms with E-state index in [1.54, 1.807) is 35.5 Å². The second kappa shape index (κ2) is 5.75. The van der Waals surface area contributed by atoms with E-state index in [2.05, 4.69) is 20.3 Å². The highest BCUT2D eigenvalue weighted by Gasteiger charge is 2.30. The Morgan fingerprint density at radius 1 is 1.26 bits per heavy atom. The molecular weight excluding hydrogens is 292 g/mol. The van der Waals surface area contributed by atoms with E-state index in [-0.39, 0.29) is 11.9 Å². The van der Waals surface area contributed by atoms with Crippen molar-refractivity contribution in [2.24, 2.45) is 0 Å². The van der Waals surface area contributed by atoms with Crippen LogP contribution in [0, 0.1) is 0 Å². The van der Waals surface area contributed by atoms with Crippen LogP contribution in [-0.4, -0.2) is 48.4 Å². The van der Waals surface area contributed by atoms with Crippen LogP contribution in [0.5, 0.6) is 0 Å². The first-order valence-electron chi connectivity index (χ1n) is 7.67. The van der Waals surface area contributed by atoms with E-state index in [0.29, 0.717) is 12.1 Å². The Kier molecular flexibility index (Phi) is 3.45. The lowest BCUT2D eigenvalue weighted by Gasteiger charge is -2.25. The van der Waals surface area contributed by atoms with Gasteiger partial charge in [-0.1, -0.05) is 5.21 Å². The summed E-state index contributed by atoms with van der Waals surface area (Å²) in [5, 5.41) is 8.63. The third kappa shape index (κ3) is 2.54. The topological polar surface area (TPSA) is 76.8 Å². The predicted octanol–water partition coefficient (Wildman–Crippen LogP) is 1.53. The van der Waals surface area contributed by atoms with Gasteiger partial charge in [-0.15, -0.1) is 5.10 Å². The zero-order chi connectivity index (χ0) is 15.6. The number of fused-ring (bicyclic) bond motifs is 1. The van der Waals surface area contributed by atoms with E-state index in [1.165, 1.54) is 0 Å². The zero-order valence-corrected chi connectivity index (χ0v) is 12.5. The van der Waals surface area contributed by atoms with Crippen LogP contribution >= 0.6 is 0 Å². The molecule has 7 heteroatoms. The smallest absolute Gasteiger partial charge is 0.254 e. The molecule has 1 aliphatic heterocycles. The number of likely N-dealkylation sites (tertiary alicyclic amines) is 1. The molecule has 0 N–H and O–H groups in total. The van der Waals surface area contributed by atoms with Gasteiger partial charge in [-0.2, -0.15) is 0 Å². The van der Waals surface area contributed by atoms with Crippen LogP contribution < -0.4 is 0 Å². The number of hydrogen-bond acceptors (Lipinski definition) is 5. The molecule has 0 aromatic carbocycles. The zero-order valence-electron chi connectivity index (χ0n) is 12.5. The summed E-state index contributed by atoms with van der Waals surface area (Å²) in [6.07, 6.45) is 10.5. The van der Waals surface area contributed by atoms with E-state index < -0.39 is 0 Å². The van der Waals surface area contributed by atoms with Gasteiger partial charge < -0.3 is 4.90 Å². The van der Waals surface area contributed by atoms with Gasteiger partial charge in [0.05, 0.1) is 29.9 Å². The molecule has 7 nitrogen and oxygen atoms in total. The van der Waals surface area contributed by atoms with E-state index in [0.717, 1.165) is 30.3 Å². The molecule has 1 saturated heterocycles. The second-order valence-electron chi connectivity index (χ2n) is 5.67. The van der Waals surface area contributed by atoms with Crippen molar-refractivity contribution in [3.05, 3.63) is 48.7 Å². The second-order valence-corrected chi connectivity index (χ2v) is 5.67. The molecule has 3 aromatic rings. The predicted molar refractivity (Wildman–Crippen MR) is 83.6 cm³/mol. The Labute approximate surface area is 133 Å². The largest absolute Gasteiger partial charge is 0.334 e. The van der Waals surface area contributed by atoms with Gasteiger partial charge in [-0.3, -0.25) is 19.4 Å². The summed E-state index contributed by atoms with van der Waals surface area (Å²) in [5.41, 5.74) is 1.45. The van der Waals surface area contributed by atoms with Crippen molar-refractivity contribution >= 4 is 16.8 Å². The quantitative estimate of drug-likeness (QED) is 0.733. The van der Waals surface area contributed by atoms with Gasteiger partial charge in [0.15, 0.2) is 0 Å². The Morgan fingerprint density at radius 2 is 2.22 bits per heavy atom.